The number of hydrogen-bond donors (Lipinski definition) is 2. The molecule has 2 aromatic carbocycles. The highest BCUT2D eigenvalue weighted by Gasteiger charge is 2.49. The zero-order valence-electron chi connectivity index (χ0n) is 16.8. The third-order valence-electron chi connectivity index (χ3n) is 5.76. The van der Waals surface area contributed by atoms with Crippen LogP contribution >= 0.6 is 0 Å². The van der Waals surface area contributed by atoms with Gasteiger partial charge in [0.05, 0.1) is 0 Å². The number of halogens is 2. The largest absolute Gasteiger partial charge is 0.435 e. The van der Waals surface area contributed by atoms with Crippen molar-refractivity contribution in [3.63, 3.8) is 0 Å². The van der Waals surface area contributed by atoms with Crippen LogP contribution < -0.4 is 15.8 Å². The Kier molecular flexibility index (Phi) is 5.34. The van der Waals surface area contributed by atoms with Crippen LogP contribution in [0.5, 0.6) is 5.75 Å². The van der Waals surface area contributed by atoms with Crippen molar-refractivity contribution < 1.29 is 23.1 Å². The van der Waals surface area contributed by atoms with Gasteiger partial charge in [-0.1, -0.05) is 30.7 Å². The molecule has 7 nitrogen and oxygen atoms in total. The molecule has 162 valence electrons. The van der Waals surface area contributed by atoms with Crippen molar-refractivity contribution in [3.8, 4) is 5.75 Å². The van der Waals surface area contributed by atoms with Gasteiger partial charge in [0.2, 0.25) is 5.91 Å². The number of alkyl halides is 2. The third kappa shape index (κ3) is 3.71. The van der Waals surface area contributed by atoms with Crippen LogP contribution in [0.3, 0.4) is 0 Å². The lowest BCUT2D eigenvalue weighted by atomic mass is 9.82. The van der Waals surface area contributed by atoms with E-state index in [0.29, 0.717) is 16.8 Å². The highest BCUT2D eigenvalue weighted by atomic mass is 19.3. The molecule has 1 saturated carbocycles. The molecule has 0 bridgehead atoms. The van der Waals surface area contributed by atoms with Gasteiger partial charge in [-0.05, 0) is 48.2 Å². The van der Waals surface area contributed by atoms with E-state index in [-0.39, 0.29) is 23.5 Å². The number of nitrogens with zero attached hydrogens (tertiary/aromatic N) is 2. The number of carbonyl (C=O) groups is 2. The predicted octanol–water partition coefficient (Wildman–Crippen LogP) is 3.06. The lowest BCUT2D eigenvalue weighted by Gasteiger charge is -2.27. The predicted molar refractivity (Wildman–Crippen MR) is 111 cm³/mol. The molecule has 0 spiro atoms. The summed E-state index contributed by atoms with van der Waals surface area (Å²) in [6.45, 7) is -2.95. The summed E-state index contributed by atoms with van der Waals surface area (Å²) in [7, 11) is 1.51. The highest BCUT2D eigenvalue weighted by Crippen LogP contribution is 2.40. The molecule has 1 aliphatic carbocycles. The number of ether oxygens (including phenoxy) is 1. The van der Waals surface area contributed by atoms with Gasteiger partial charge in [0.25, 0.3) is 5.91 Å². The molecule has 4 rings (SSSR count). The van der Waals surface area contributed by atoms with Crippen LogP contribution in [0, 0.1) is 5.92 Å². The Bertz CT molecular complexity index is 1040. The molecular formula is C22H22F2N4O3. The number of amides is 2. The lowest BCUT2D eigenvalue weighted by molar-refractivity contribution is -0.129. The summed E-state index contributed by atoms with van der Waals surface area (Å²) < 4.78 is 29.4. The number of anilines is 1. The van der Waals surface area contributed by atoms with Crippen LogP contribution in [-0.4, -0.2) is 36.3 Å². The molecule has 1 fully saturated rings. The fraction of sp³-hybridized carbons (Fsp3) is 0.318. The second-order valence-corrected chi connectivity index (χ2v) is 7.65. The molecule has 2 amide bonds. The average molecular weight is 428 g/mol. The van der Waals surface area contributed by atoms with Crippen LogP contribution in [-0.2, 0) is 15.1 Å². The lowest BCUT2D eigenvalue weighted by Crippen LogP contribution is -2.41. The van der Waals surface area contributed by atoms with Crippen LogP contribution in [0.2, 0.25) is 0 Å². The third-order valence-corrected chi connectivity index (χ3v) is 5.76. The molecule has 9 heteroatoms. The monoisotopic (exact) mass is 428 g/mol. The number of nitrogens with two attached hydrogens (primary N) is 1. The summed E-state index contributed by atoms with van der Waals surface area (Å²) in [5.74, 6) is -0.445. The molecule has 1 unspecified atom stereocenters. The summed E-state index contributed by atoms with van der Waals surface area (Å²) in [5, 5.41) is 2.90. The van der Waals surface area contributed by atoms with Gasteiger partial charge in [-0.25, -0.2) is 4.99 Å². The number of carbonyl (C=O) groups excluding carboxylic acids is 2. The normalized spacial score (nSPS) is 21.1. The van der Waals surface area contributed by atoms with Gasteiger partial charge in [0.15, 0.2) is 11.5 Å². The molecule has 0 aromatic heterocycles. The standard InChI is InChI=1S/C22H22F2N4O3/c1-28-19(30)22(27-21(28)25,14-8-10-17(11-9-14)31-20(23)24)15-6-3-7-16(12-15)26-18(29)13-4-2-5-13/h3,6-13,20H,2,4-5H2,1H3,(H2,25,27)(H,26,29). The van der Waals surface area contributed by atoms with Crippen molar-refractivity contribution in [3.05, 3.63) is 59.7 Å². The van der Waals surface area contributed by atoms with Gasteiger partial charge < -0.3 is 15.8 Å². The molecule has 2 aliphatic rings. The van der Waals surface area contributed by atoms with Gasteiger partial charge in [-0.3, -0.25) is 14.5 Å². The molecular weight excluding hydrogens is 406 g/mol. The molecule has 1 aliphatic heterocycles. The summed E-state index contributed by atoms with van der Waals surface area (Å²) in [6.07, 6.45) is 2.78. The zero-order chi connectivity index (χ0) is 22.2. The fourth-order valence-corrected chi connectivity index (χ4v) is 3.80. The molecule has 0 radical (unpaired) electrons. The van der Waals surface area contributed by atoms with Crippen LogP contribution in [0.1, 0.15) is 30.4 Å². The Morgan fingerprint density at radius 2 is 1.94 bits per heavy atom. The SMILES string of the molecule is CN1C(=O)C(c2ccc(OC(F)F)cc2)(c2cccc(NC(=O)C3CCC3)c2)N=C1N. The van der Waals surface area contributed by atoms with Gasteiger partial charge >= 0.3 is 6.61 Å². The maximum absolute atomic E-state index is 13.3. The smallest absolute Gasteiger partial charge is 0.387 e. The van der Waals surface area contributed by atoms with Crippen molar-refractivity contribution >= 4 is 23.5 Å². The first-order valence-electron chi connectivity index (χ1n) is 9.91. The first kappa shape index (κ1) is 20.8. The van der Waals surface area contributed by atoms with E-state index in [1.165, 1.54) is 36.2 Å². The van der Waals surface area contributed by atoms with Crippen molar-refractivity contribution in [1.82, 2.24) is 4.90 Å². The number of benzene rings is 2. The topological polar surface area (TPSA) is 97.0 Å². The van der Waals surface area contributed by atoms with Crippen molar-refractivity contribution in [2.45, 2.75) is 31.4 Å². The van der Waals surface area contributed by atoms with Gasteiger partial charge in [0, 0.05) is 18.7 Å². The van der Waals surface area contributed by atoms with Crippen LogP contribution in [0.15, 0.2) is 53.5 Å². The van der Waals surface area contributed by atoms with E-state index in [9.17, 15) is 18.4 Å². The molecule has 0 saturated heterocycles. The minimum absolute atomic E-state index is 0.00732. The Hall–Kier alpha value is -3.49. The van der Waals surface area contributed by atoms with Crippen molar-refractivity contribution in [2.24, 2.45) is 16.6 Å². The summed E-state index contributed by atoms with van der Waals surface area (Å²) >= 11 is 0. The maximum atomic E-state index is 13.3. The molecule has 31 heavy (non-hydrogen) atoms. The Labute approximate surface area is 177 Å². The molecule has 1 heterocycles. The minimum atomic E-state index is -2.95. The number of hydrogen-bond acceptors (Lipinski definition) is 5. The summed E-state index contributed by atoms with van der Waals surface area (Å²) in [6, 6.07) is 12.6. The fourth-order valence-electron chi connectivity index (χ4n) is 3.80. The number of nitrogens with one attached hydrogen (secondary N) is 1. The van der Waals surface area contributed by atoms with Crippen molar-refractivity contribution in [1.29, 1.82) is 0 Å². The second kappa shape index (κ2) is 7.98. The van der Waals surface area contributed by atoms with Gasteiger partial charge in [0.1, 0.15) is 5.75 Å². The highest BCUT2D eigenvalue weighted by molar-refractivity contribution is 6.09. The number of aliphatic imine (C=N–C) groups is 1. The number of likely N-dealkylation sites (N-methyl/N-ethyl adjacent to an activating group) is 1. The van der Waals surface area contributed by atoms with Crippen molar-refractivity contribution in [2.75, 3.05) is 12.4 Å². The number of rotatable bonds is 6. The Morgan fingerprint density at radius 1 is 1.23 bits per heavy atom. The van der Waals surface area contributed by atoms with Crippen LogP contribution in [0.4, 0.5) is 14.5 Å². The first-order chi connectivity index (χ1) is 14.8. The van der Waals surface area contributed by atoms with Gasteiger partial charge in [-0.2, -0.15) is 8.78 Å². The Morgan fingerprint density at radius 3 is 2.48 bits per heavy atom. The maximum Gasteiger partial charge on any atom is 0.387 e. The number of guanidine groups is 1. The van der Waals surface area contributed by atoms with E-state index in [1.54, 1.807) is 24.3 Å². The van der Waals surface area contributed by atoms with E-state index in [2.05, 4.69) is 15.0 Å². The van der Waals surface area contributed by atoms with E-state index in [1.807, 2.05) is 0 Å². The average Bonchev–Trinajstić information content (AvgIpc) is 2.92. The molecule has 1 atom stereocenters. The van der Waals surface area contributed by atoms with E-state index in [4.69, 9.17) is 5.73 Å². The van der Waals surface area contributed by atoms with Crippen LogP contribution in [0.25, 0.3) is 0 Å². The van der Waals surface area contributed by atoms with E-state index >= 15 is 0 Å². The van der Waals surface area contributed by atoms with E-state index < -0.39 is 18.1 Å². The molecule has 2 aromatic rings. The summed E-state index contributed by atoms with van der Waals surface area (Å²) in [5.41, 5.74) is 5.94. The minimum Gasteiger partial charge on any atom is -0.435 e. The summed E-state index contributed by atoms with van der Waals surface area (Å²) in [4.78, 5) is 31.4. The van der Waals surface area contributed by atoms with E-state index in [0.717, 1.165) is 19.3 Å². The molecule has 3 N–H and O–H groups in total. The quantitative estimate of drug-likeness (QED) is 0.739. The zero-order valence-corrected chi connectivity index (χ0v) is 16.8. The van der Waals surface area contributed by atoms with Gasteiger partial charge in [-0.15, -0.1) is 0 Å². The first-order valence-corrected chi connectivity index (χ1v) is 9.91. The Balaban J connectivity index is 1.74. The second-order valence-electron chi connectivity index (χ2n) is 7.65.